The highest BCUT2D eigenvalue weighted by atomic mass is 32.2. The lowest BCUT2D eigenvalue weighted by Crippen LogP contribution is -2.37. The number of thiophene rings is 1. The molecule has 0 saturated heterocycles. The van der Waals surface area contributed by atoms with Crippen LogP contribution >= 0.6 is 23.1 Å². The third-order valence-electron chi connectivity index (χ3n) is 4.85. The number of hydrogen-bond donors (Lipinski definition) is 0. The number of fused-ring (bicyclic) bond motifs is 1. The third-order valence-corrected chi connectivity index (χ3v) is 7.02. The van der Waals surface area contributed by atoms with E-state index in [0.29, 0.717) is 23.6 Å². The number of allylic oxidation sites excluding steroid dienone is 1. The van der Waals surface area contributed by atoms with Crippen molar-refractivity contribution >= 4 is 44.9 Å². The van der Waals surface area contributed by atoms with Gasteiger partial charge in [0.2, 0.25) is 5.91 Å². The first kappa shape index (κ1) is 21.3. The van der Waals surface area contributed by atoms with Crippen LogP contribution in [0.1, 0.15) is 24.3 Å². The minimum atomic E-state index is -0.391. The number of para-hydroxylation sites is 1. The van der Waals surface area contributed by atoms with E-state index in [1.807, 2.05) is 58.0 Å². The van der Waals surface area contributed by atoms with Crippen molar-refractivity contribution in [2.24, 2.45) is 0 Å². The quantitative estimate of drug-likeness (QED) is 0.309. The minimum Gasteiger partial charge on any atom is -0.312 e. The first-order chi connectivity index (χ1) is 13.9. The maximum absolute atomic E-state index is 13.1. The molecule has 5 nitrogen and oxygen atoms in total. The predicted molar refractivity (Wildman–Crippen MR) is 123 cm³/mol. The van der Waals surface area contributed by atoms with Crippen LogP contribution in [0.15, 0.2) is 52.9 Å². The molecule has 0 aliphatic carbocycles. The first-order valence-corrected chi connectivity index (χ1v) is 11.2. The highest BCUT2D eigenvalue weighted by Crippen LogP contribution is 2.30. The first-order valence-electron chi connectivity index (χ1n) is 9.53. The summed E-state index contributed by atoms with van der Waals surface area (Å²) in [6, 6.07) is 9.61. The topological polar surface area (TPSA) is 55.2 Å². The number of hydrogen-bond acceptors (Lipinski definition) is 5. The fourth-order valence-electron chi connectivity index (χ4n) is 3.19. The monoisotopic (exact) mass is 427 g/mol. The Morgan fingerprint density at radius 3 is 2.66 bits per heavy atom. The average Bonchev–Trinajstić information content (AvgIpc) is 3.00. The third kappa shape index (κ3) is 4.16. The molecular weight excluding hydrogens is 402 g/mol. The maximum Gasteiger partial charge on any atom is 0.263 e. The van der Waals surface area contributed by atoms with Crippen LogP contribution in [0.3, 0.4) is 0 Å². The number of aryl methyl sites for hydroxylation is 2. The summed E-state index contributed by atoms with van der Waals surface area (Å²) >= 11 is 2.84. The molecule has 7 heteroatoms. The molecule has 1 aromatic carbocycles. The van der Waals surface area contributed by atoms with Gasteiger partial charge in [0.25, 0.3) is 5.56 Å². The molecule has 3 rings (SSSR count). The normalized spacial score (nSPS) is 12.1. The Kier molecular flexibility index (Phi) is 6.59. The molecule has 0 fully saturated rings. The van der Waals surface area contributed by atoms with Crippen molar-refractivity contribution in [2.45, 2.75) is 44.6 Å². The van der Waals surface area contributed by atoms with Gasteiger partial charge in [-0.1, -0.05) is 36.0 Å². The van der Waals surface area contributed by atoms with Crippen molar-refractivity contribution in [3.63, 3.8) is 0 Å². The van der Waals surface area contributed by atoms with E-state index in [0.717, 1.165) is 21.0 Å². The lowest BCUT2D eigenvalue weighted by molar-refractivity contribution is -0.117. The van der Waals surface area contributed by atoms with Crippen LogP contribution in [-0.4, -0.2) is 27.3 Å². The molecule has 0 bridgehead atoms. The van der Waals surface area contributed by atoms with Crippen molar-refractivity contribution in [3.05, 3.63) is 63.8 Å². The molecular formula is C22H25N3O2S2. The van der Waals surface area contributed by atoms with E-state index in [1.165, 1.54) is 23.1 Å². The SMILES string of the molecule is C=CCn1c(S[C@@H](C)C(=O)N(CC)c2ccccc2)nc2sc(C)c(C)c2c1=O. The number of carbonyl (C=O) groups is 1. The summed E-state index contributed by atoms with van der Waals surface area (Å²) in [4.78, 5) is 34.5. The highest BCUT2D eigenvalue weighted by molar-refractivity contribution is 8.00. The molecule has 152 valence electrons. The molecule has 1 atom stereocenters. The number of anilines is 1. The van der Waals surface area contributed by atoms with Gasteiger partial charge in [-0.3, -0.25) is 14.2 Å². The summed E-state index contributed by atoms with van der Waals surface area (Å²) in [6.45, 7) is 12.5. The van der Waals surface area contributed by atoms with Crippen LogP contribution in [0.25, 0.3) is 10.2 Å². The molecule has 0 N–H and O–H groups in total. The smallest absolute Gasteiger partial charge is 0.263 e. The summed E-state index contributed by atoms with van der Waals surface area (Å²) in [5, 5.41) is 0.823. The number of benzene rings is 1. The maximum atomic E-state index is 13.1. The zero-order chi connectivity index (χ0) is 21.1. The van der Waals surface area contributed by atoms with E-state index in [4.69, 9.17) is 4.98 Å². The fraction of sp³-hybridized carbons (Fsp3) is 0.318. The van der Waals surface area contributed by atoms with Crippen LogP contribution < -0.4 is 10.5 Å². The van der Waals surface area contributed by atoms with Crippen molar-refractivity contribution < 1.29 is 4.79 Å². The van der Waals surface area contributed by atoms with Gasteiger partial charge in [-0.05, 0) is 45.4 Å². The lowest BCUT2D eigenvalue weighted by Gasteiger charge is -2.24. The van der Waals surface area contributed by atoms with Crippen molar-refractivity contribution in [3.8, 4) is 0 Å². The average molecular weight is 428 g/mol. The van der Waals surface area contributed by atoms with Crippen molar-refractivity contribution in [2.75, 3.05) is 11.4 Å². The Labute approximate surface area is 179 Å². The van der Waals surface area contributed by atoms with Gasteiger partial charge in [-0.25, -0.2) is 4.98 Å². The van der Waals surface area contributed by atoms with E-state index >= 15 is 0 Å². The van der Waals surface area contributed by atoms with Gasteiger partial charge in [0.15, 0.2) is 5.16 Å². The zero-order valence-corrected chi connectivity index (χ0v) is 18.8. The van der Waals surface area contributed by atoms with E-state index in [-0.39, 0.29) is 11.5 Å². The van der Waals surface area contributed by atoms with Crippen LogP contribution in [0, 0.1) is 13.8 Å². The van der Waals surface area contributed by atoms with E-state index in [2.05, 4.69) is 6.58 Å². The van der Waals surface area contributed by atoms with Crippen molar-refractivity contribution in [1.82, 2.24) is 9.55 Å². The van der Waals surface area contributed by atoms with Gasteiger partial charge in [0.1, 0.15) is 4.83 Å². The van der Waals surface area contributed by atoms with Gasteiger partial charge in [0, 0.05) is 23.7 Å². The van der Waals surface area contributed by atoms with Crippen LogP contribution in [0.5, 0.6) is 0 Å². The summed E-state index contributed by atoms with van der Waals surface area (Å²) in [6.07, 6.45) is 1.68. The van der Waals surface area contributed by atoms with Crippen LogP contribution in [0.4, 0.5) is 5.69 Å². The number of carbonyl (C=O) groups excluding carboxylic acids is 1. The predicted octanol–water partition coefficient (Wildman–Crippen LogP) is 4.79. The molecule has 0 aliphatic heterocycles. The summed E-state index contributed by atoms with van der Waals surface area (Å²) in [5.41, 5.74) is 1.76. The highest BCUT2D eigenvalue weighted by Gasteiger charge is 2.25. The fourth-order valence-corrected chi connectivity index (χ4v) is 5.24. The molecule has 1 amide bonds. The second kappa shape index (κ2) is 8.97. The van der Waals surface area contributed by atoms with Gasteiger partial charge in [0.05, 0.1) is 10.6 Å². The molecule has 0 saturated carbocycles. The lowest BCUT2D eigenvalue weighted by atomic mass is 10.2. The van der Waals surface area contributed by atoms with Gasteiger partial charge < -0.3 is 4.90 Å². The Balaban J connectivity index is 1.98. The number of thioether (sulfide) groups is 1. The molecule has 0 aliphatic rings. The molecule has 2 heterocycles. The Morgan fingerprint density at radius 1 is 1.34 bits per heavy atom. The van der Waals surface area contributed by atoms with Crippen LogP contribution in [0.2, 0.25) is 0 Å². The van der Waals surface area contributed by atoms with E-state index in [1.54, 1.807) is 15.5 Å². The summed E-state index contributed by atoms with van der Waals surface area (Å²) in [7, 11) is 0. The Hall–Kier alpha value is -2.38. The summed E-state index contributed by atoms with van der Waals surface area (Å²) in [5.74, 6) is -0.0123. The van der Waals surface area contributed by atoms with Gasteiger partial charge >= 0.3 is 0 Å². The molecule has 0 spiro atoms. The number of rotatable bonds is 7. The molecule has 0 radical (unpaired) electrons. The standard InChI is InChI=1S/C22H25N3O2S2/c1-6-13-25-21(27)18-14(3)15(4)28-19(18)23-22(25)29-16(5)20(26)24(7-2)17-11-9-8-10-12-17/h6,8-12,16H,1,7,13H2,2-5H3/t16-/m0/s1. The largest absolute Gasteiger partial charge is 0.312 e. The van der Waals surface area contributed by atoms with Gasteiger partial charge in [-0.15, -0.1) is 17.9 Å². The Morgan fingerprint density at radius 2 is 2.03 bits per heavy atom. The molecule has 3 aromatic rings. The molecule has 2 aromatic heterocycles. The van der Waals surface area contributed by atoms with E-state index < -0.39 is 5.25 Å². The minimum absolute atomic E-state index is 0.0123. The zero-order valence-electron chi connectivity index (χ0n) is 17.1. The molecule has 29 heavy (non-hydrogen) atoms. The second-order valence-electron chi connectivity index (χ2n) is 6.74. The summed E-state index contributed by atoms with van der Waals surface area (Å²) < 4.78 is 1.61. The second-order valence-corrected chi connectivity index (χ2v) is 9.25. The van der Waals surface area contributed by atoms with Gasteiger partial charge in [-0.2, -0.15) is 0 Å². The number of aromatic nitrogens is 2. The van der Waals surface area contributed by atoms with Crippen LogP contribution in [-0.2, 0) is 11.3 Å². The van der Waals surface area contributed by atoms with E-state index in [9.17, 15) is 9.59 Å². The number of nitrogens with zero attached hydrogens (tertiary/aromatic N) is 3. The Bertz CT molecular complexity index is 1100. The number of amides is 1. The molecule has 0 unspecified atom stereocenters. The van der Waals surface area contributed by atoms with Crippen molar-refractivity contribution in [1.29, 1.82) is 0 Å².